The number of thiazole rings is 1. The van der Waals surface area contributed by atoms with E-state index in [9.17, 15) is 4.79 Å². The van der Waals surface area contributed by atoms with E-state index in [1.165, 1.54) is 11.3 Å². The zero-order valence-electron chi connectivity index (χ0n) is 11.0. The smallest absolute Gasteiger partial charge is 0.228 e. The number of rotatable bonds is 4. The fourth-order valence-corrected chi connectivity index (χ4v) is 2.80. The van der Waals surface area contributed by atoms with Gasteiger partial charge in [0.1, 0.15) is 0 Å². The first kappa shape index (κ1) is 14.4. The van der Waals surface area contributed by atoms with Crippen LogP contribution in [0, 0.1) is 24.3 Å². The van der Waals surface area contributed by atoms with Crippen LogP contribution < -0.4 is 5.32 Å². The maximum atomic E-state index is 11.8. The van der Waals surface area contributed by atoms with E-state index in [0.29, 0.717) is 18.1 Å². The fraction of sp³-hybridized carbons (Fsp3) is 0.417. The molecule has 1 amide bonds. The summed E-state index contributed by atoms with van der Waals surface area (Å²) < 4.78 is 2.96. The van der Waals surface area contributed by atoms with Crippen molar-refractivity contribution in [1.82, 2.24) is 14.8 Å². The van der Waals surface area contributed by atoms with Crippen molar-refractivity contribution in [3.8, 4) is 0 Å². The van der Waals surface area contributed by atoms with Gasteiger partial charge in [-0.1, -0.05) is 0 Å². The molecule has 0 fully saturated rings. The van der Waals surface area contributed by atoms with Crippen molar-refractivity contribution in [3.05, 3.63) is 26.0 Å². The molecule has 0 aliphatic rings. The molecule has 2 aromatic heterocycles. The molecule has 19 heavy (non-hydrogen) atoms. The zero-order chi connectivity index (χ0) is 14.0. The van der Waals surface area contributed by atoms with Crippen LogP contribution in [0.5, 0.6) is 0 Å². The first-order valence-corrected chi connectivity index (χ1v) is 7.78. The number of carbonyl (C=O) groups excluding carboxylic acids is 1. The van der Waals surface area contributed by atoms with Gasteiger partial charge in [-0.05, 0) is 43.4 Å². The quantitative estimate of drug-likeness (QED) is 0.817. The van der Waals surface area contributed by atoms with Crippen molar-refractivity contribution in [3.63, 3.8) is 0 Å². The van der Waals surface area contributed by atoms with Crippen LogP contribution in [0.15, 0.2) is 6.20 Å². The van der Waals surface area contributed by atoms with E-state index >= 15 is 0 Å². The molecule has 0 radical (unpaired) electrons. The Morgan fingerprint density at radius 1 is 1.47 bits per heavy atom. The predicted molar refractivity (Wildman–Crippen MR) is 84.5 cm³/mol. The van der Waals surface area contributed by atoms with Crippen LogP contribution >= 0.6 is 33.9 Å². The van der Waals surface area contributed by atoms with Crippen molar-refractivity contribution in [2.24, 2.45) is 0 Å². The summed E-state index contributed by atoms with van der Waals surface area (Å²) in [6, 6.07) is 0. The van der Waals surface area contributed by atoms with Gasteiger partial charge in [0.05, 0.1) is 22.0 Å². The second-order valence-electron chi connectivity index (χ2n) is 4.26. The van der Waals surface area contributed by atoms with Gasteiger partial charge in [0.25, 0.3) is 0 Å². The molecule has 2 heterocycles. The molecular formula is C12H15IN4OS. The normalized spacial score (nSPS) is 10.7. The van der Waals surface area contributed by atoms with Crippen molar-refractivity contribution in [2.45, 2.75) is 33.7 Å². The van der Waals surface area contributed by atoms with Gasteiger partial charge in [0.2, 0.25) is 5.91 Å². The summed E-state index contributed by atoms with van der Waals surface area (Å²) in [4.78, 5) is 17.3. The van der Waals surface area contributed by atoms with Crippen LogP contribution in [0.25, 0.3) is 0 Å². The van der Waals surface area contributed by atoms with Gasteiger partial charge in [0, 0.05) is 17.0 Å². The number of aryl methyl sites for hydroxylation is 3. The molecule has 0 aliphatic carbocycles. The number of amides is 1. The van der Waals surface area contributed by atoms with Gasteiger partial charge in [0.15, 0.2) is 5.13 Å². The van der Waals surface area contributed by atoms with E-state index in [0.717, 1.165) is 19.8 Å². The second-order valence-corrected chi connectivity index (χ2v) is 6.63. The lowest BCUT2D eigenvalue weighted by Crippen LogP contribution is -2.15. The number of hydrogen-bond donors (Lipinski definition) is 1. The summed E-state index contributed by atoms with van der Waals surface area (Å²) in [5.41, 5.74) is 2.06. The zero-order valence-corrected chi connectivity index (χ0v) is 14.0. The summed E-state index contributed by atoms with van der Waals surface area (Å²) >= 11 is 3.74. The molecule has 0 spiro atoms. The molecule has 0 bridgehead atoms. The molecule has 1 N–H and O–H groups in total. The maximum Gasteiger partial charge on any atom is 0.228 e. The number of carbonyl (C=O) groups is 1. The summed E-state index contributed by atoms with van der Waals surface area (Å²) in [5, 5.41) is 7.73. The Morgan fingerprint density at radius 3 is 2.74 bits per heavy atom. The molecule has 102 valence electrons. The highest BCUT2D eigenvalue weighted by atomic mass is 127. The number of hydrogen-bond acceptors (Lipinski definition) is 4. The Kier molecular flexibility index (Phi) is 4.56. The highest BCUT2D eigenvalue weighted by Gasteiger charge is 2.09. The van der Waals surface area contributed by atoms with Gasteiger partial charge >= 0.3 is 0 Å². The Balaban J connectivity index is 1.90. The average molecular weight is 390 g/mol. The lowest BCUT2D eigenvalue weighted by Gasteiger charge is -2.04. The Bertz CT molecular complexity index is 585. The Labute approximate surface area is 129 Å². The number of aromatic nitrogens is 3. The summed E-state index contributed by atoms with van der Waals surface area (Å²) in [5.74, 6) is -0.0290. The minimum atomic E-state index is -0.0290. The highest BCUT2D eigenvalue weighted by molar-refractivity contribution is 14.1. The molecule has 0 atom stereocenters. The summed E-state index contributed by atoms with van der Waals surface area (Å²) in [6.07, 6.45) is 2.21. The molecule has 0 saturated heterocycles. The minimum Gasteiger partial charge on any atom is -0.302 e. The van der Waals surface area contributed by atoms with Crippen LogP contribution in [0.4, 0.5) is 5.13 Å². The Hall–Kier alpha value is -0.960. The molecular weight excluding hydrogens is 375 g/mol. The molecule has 7 heteroatoms. The van der Waals surface area contributed by atoms with Crippen LogP contribution in [0.3, 0.4) is 0 Å². The molecule has 0 saturated carbocycles. The number of anilines is 1. The van der Waals surface area contributed by atoms with E-state index in [2.05, 4.69) is 38.0 Å². The molecule has 0 unspecified atom stereocenters. The van der Waals surface area contributed by atoms with Crippen LogP contribution in [-0.2, 0) is 11.3 Å². The van der Waals surface area contributed by atoms with Gasteiger partial charge in [-0.15, -0.1) is 11.3 Å². The summed E-state index contributed by atoms with van der Waals surface area (Å²) in [7, 11) is 0. The minimum absolute atomic E-state index is 0.0290. The first-order chi connectivity index (χ1) is 8.97. The van der Waals surface area contributed by atoms with Crippen LogP contribution in [-0.4, -0.2) is 20.7 Å². The molecule has 5 nitrogen and oxygen atoms in total. The third-order valence-electron chi connectivity index (χ3n) is 2.87. The third-order valence-corrected chi connectivity index (χ3v) is 4.92. The first-order valence-electron chi connectivity index (χ1n) is 5.89. The Morgan fingerprint density at radius 2 is 2.21 bits per heavy atom. The van der Waals surface area contributed by atoms with Crippen molar-refractivity contribution >= 4 is 45.0 Å². The third kappa shape index (κ3) is 3.53. The van der Waals surface area contributed by atoms with E-state index in [1.54, 1.807) is 6.20 Å². The largest absolute Gasteiger partial charge is 0.302 e. The van der Waals surface area contributed by atoms with Crippen molar-refractivity contribution in [2.75, 3.05) is 5.32 Å². The SMILES string of the molecule is Cc1nc(NC(=O)CCn2ncc(I)c2C)sc1C. The molecule has 0 aromatic carbocycles. The average Bonchev–Trinajstić information content (AvgIpc) is 2.82. The number of halogens is 1. The monoisotopic (exact) mass is 390 g/mol. The number of nitrogens with one attached hydrogen (secondary N) is 1. The van der Waals surface area contributed by atoms with Gasteiger partial charge < -0.3 is 5.32 Å². The van der Waals surface area contributed by atoms with E-state index in [1.807, 2.05) is 25.5 Å². The molecule has 0 aliphatic heterocycles. The summed E-state index contributed by atoms with van der Waals surface area (Å²) in [6.45, 7) is 6.53. The maximum absolute atomic E-state index is 11.8. The van der Waals surface area contributed by atoms with E-state index < -0.39 is 0 Å². The van der Waals surface area contributed by atoms with Gasteiger partial charge in [-0.3, -0.25) is 9.48 Å². The standard InChI is InChI=1S/C12H15IN4OS/c1-7-9(3)19-12(15-7)16-11(18)4-5-17-8(2)10(13)6-14-17/h6H,4-5H2,1-3H3,(H,15,16,18). The van der Waals surface area contributed by atoms with Crippen molar-refractivity contribution < 1.29 is 4.79 Å². The van der Waals surface area contributed by atoms with Crippen molar-refractivity contribution in [1.29, 1.82) is 0 Å². The number of nitrogens with zero attached hydrogens (tertiary/aromatic N) is 3. The highest BCUT2D eigenvalue weighted by Crippen LogP contribution is 2.21. The van der Waals surface area contributed by atoms with Crippen LogP contribution in [0.1, 0.15) is 22.7 Å². The molecule has 2 rings (SSSR count). The predicted octanol–water partition coefficient (Wildman–Crippen LogP) is 2.90. The topological polar surface area (TPSA) is 59.8 Å². The van der Waals surface area contributed by atoms with E-state index in [-0.39, 0.29) is 5.91 Å². The van der Waals surface area contributed by atoms with Gasteiger partial charge in [-0.25, -0.2) is 4.98 Å². The van der Waals surface area contributed by atoms with Gasteiger partial charge in [-0.2, -0.15) is 5.10 Å². The molecule has 2 aromatic rings. The van der Waals surface area contributed by atoms with E-state index in [4.69, 9.17) is 0 Å². The lowest BCUT2D eigenvalue weighted by atomic mass is 10.4. The second kappa shape index (κ2) is 6.00. The lowest BCUT2D eigenvalue weighted by molar-refractivity contribution is -0.116. The fourth-order valence-electron chi connectivity index (χ4n) is 1.56. The van der Waals surface area contributed by atoms with Crippen LogP contribution in [0.2, 0.25) is 0 Å².